The summed E-state index contributed by atoms with van der Waals surface area (Å²) in [6, 6.07) is 8.98. The highest BCUT2D eigenvalue weighted by Gasteiger charge is 2.37. The van der Waals surface area contributed by atoms with Gasteiger partial charge in [0.2, 0.25) is 5.92 Å². The highest BCUT2D eigenvalue weighted by Crippen LogP contribution is 2.35. The molecule has 4 rings (SSSR count). The molecule has 5 nitrogen and oxygen atoms in total. The second kappa shape index (κ2) is 6.85. The smallest absolute Gasteiger partial charge is 0.415 e. The summed E-state index contributed by atoms with van der Waals surface area (Å²) in [5.41, 5.74) is 2.79. The first-order valence-electron chi connectivity index (χ1n) is 8.87. The molecule has 8 heteroatoms. The van der Waals surface area contributed by atoms with Crippen LogP contribution < -0.4 is 4.90 Å². The van der Waals surface area contributed by atoms with E-state index in [-0.39, 0.29) is 25.0 Å². The van der Waals surface area contributed by atoms with Gasteiger partial charge >= 0.3 is 6.09 Å². The molecule has 1 aliphatic rings. The maximum Gasteiger partial charge on any atom is 0.415 e. The number of amides is 1. The Bertz CT molecular complexity index is 1030. The van der Waals surface area contributed by atoms with Crippen LogP contribution in [0.15, 0.2) is 42.7 Å². The number of hydrogen-bond donors (Lipinski definition) is 1. The summed E-state index contributed by atoms with van der Waals surface area (Å²) in [6.45, 7) is 0.841. The number of hydrogen-bond acceptors (Lipinski definition) is 3. The number of cyclic esters (lactones) is 1. The maximum atomic E-state index is 14.7. The number of ether oxygens (including phenoxy) is 1. The van der Waals surface area contributed by atoms with Gasteiger partial charge in [-0.2, -0.15) is 0 Å². The van der Waals surface area contributed by atoms with Crippen molar-refractivity contribution in [2.45, 2.75) is 31.7 Å². The summed E-state index contributed by atoms with van der Waals surface area (Å²) >= 11 is 0. The van der Waals surface area contributed by atoms with Crippen LogP contribution in [0.25, 0.3) is 11.0 Å². The summed E-state index contributed by atoms with van der Waals surface area (Å²) in [4.78, 5) is 20.8. The Morgan fingerprint density at radius 2 is 2.11 bits per heavy atom. The van der Waals surface area contributed by atoms with E-state index in [4.69, 9.17) is 4.74 Å². The average Bonchev–Trinajstić information content (AvgIpc) is 3.25. The van der Waals surface area contributed by atoms with Crippen LogP contribution in [0.2, 0.25) is 0 Å². The van der Waals surface area contributed by atoms with Crippen LogP contribution in [0.4, 0.5) is 23.7 Å². The number of fused-ring (bicyclic) bond motifs is 1. The van der Waals surface area contributed by atoms with E-state index in [9.17, 15) is 18.0 Å². The van der Waals surface area contributed by atoms with Crippen LogP contribution in [-0.2, 0) is 11.2 Å². The number of carbonyl (C=O) groups excluding carboxylic acids is 1. The molecule has 146 valence electrons. The molecule has 28 heavy (non-hydrogen) atoms. The number of aromatic nitrogens is 2. The largest absolute Gasteiger partial charge is 0.447 e. The van der Waals surface area contributed by atoms with Crippen LogP contribution in [0.5, 0.6) is 0 Å². The third kappa shape index (κ3) is 3.54. The van der Waals surface area contributed by atoms with Crippen molar-refractivity contribution < 1.29 is 22.7 Å². The fourth-order valence-corrected chi connectivity index (χ4v) is 3.37. The van der Waals surface area contributed by atoms with E-state index in [1.165, 1.54) is 17.0 Å². The number of nitrogens with zero attached hydrogens (tertiary/aromatic N) is 2. The number of aromatic amines is 1. The second-order valence-corrected chi connectivity index (χ2v) is 6.99. The highest BCUT2D eigenvalue weighted by atomic mass is 19.3. The van der Waals surface area contributed by atoms with Crippen molar-refractivity contribution >= 4 is 22.8 Å². The molecule has 1 aromatic heterocycles. The predicted molar refractivity (Wildman–Crippen MR) is 98.0 cm³/mol. The molecule has 0 spiro atoms. The lowest BCUT2D eigenvalue weighted by Gasteiger charge is -2.22. The van der Waals surface area contributed by atoms with E-state index in [0.717, 1.165) is 12.4 Å². The molecular formula is C20H18F3N3O2. The molecule has 0 saturated carbocycles. The minimum atomic E-state index is -2.80. The van der Waals surface area contributed by atoms with Crippen molar-refractivity contribution in [3.8, 4) is 0 Å². The minimum absolute atomic E-state index is 0.000728. The van der Waals surface area contributed by atoms with E-state index in [2.05, 4.69) is 9.97 Å². The van der Waals surface area contributed by atoms with E-state index in [1.807, 2.05) is 0 Å². The van der Waals surface area contributed by atoms with Crippen LogP contribution >= 0.6 is 0 Å². The van der Waals surface area contributed by atoms with Gasteiger partial charge in [-0.3, -0.25) is 4.90 Å². The first-order chi connectivity index (χ1) is 13.3. The Hall–Kier alpha value is -3.03. The molecule has 1 amide bonds. The van der Waals surface area contributed by atoms with Gasteiger partial charge in [-0.05, 0) is 43.2 Å². The zero-order valence-corrected chi connectivity index (χ0v) is 15.1. The van der Waals surface area contributed by atoms with Gasteiger partial charge in [-0.1, -0.05) is 12.1 Å². The monoisotopic (exact) mass is 389 g/mol. The Labute approximate surface area is 159 Å². The molecule has 2 aromatic carbocycles. The summed E-state index contributed by atoms with van der Waals surface area (Å²) < 4.78 is 46.0. The first kappa shape index (κ1) is 18.3. The fraction of sp³-hybridized carbons (Fsp3) is 0.300. The molecule has 1 fully saturated rings. The Morgan fingerprint density at radius 3 is 2.86 bits per heavy atom. The Morgan fingerprint density at radius 1 is 1.29 bits per heavy atom. The Kier molecular flexibility index (Phi) is 4.49. The van der Waals surface area contributed by atoms with Gasteiger partial charge in [-0.15, -0.1) is 0 Å². The van der Waals surface area contributed by atoms with E-state index >= 15 is 0 Å². The van der Waals surface area contributed by atoms with E-state index < -0.39 is 23.9 Å². The van der Waals surface area contributed by atoms with Crippen molar-refractivity contribution in [2.75, 3.05) is 11.5 Å². The quantitative estimate of drug-likeness (QED) is 0.669. The van der Waals surface area contributed by atoms with Gasteiger partial charge in [0.15, 0.2) is 0 Å². The maximum absolute atomic E-state index is 14.7. The number of aryl methyl sites for hydroxylation is 1. The molecule has 1 atom stereocenters. The standard InChI is InChI=1S/C20H18F3N3O2/c1-20(22,23)7-6-12-2-4-14(15(21)8-12)18-10-28-19(27)26(18)13-3-5-16-17(9-13)25-11-24-16/h2-5,8-9,11,18H,6-7,10H2,1H3,(H,24,25)/t18-/m1/s1. The molecule has 0 radical (unpaired) electrons. The van der Waals surface area contributed by atoms with Gasteiger partial charge in [0.1, 0.15) is 18.5 Å². The SMILES string of the molecule is CC(F)(F)CCc1ccc([C@H]2COC(=O)N2c2ccc3[nH]cnc3c2)c(F)c1. The fourth-order valence-electron chi connectivity index (χ4n) is 3.37. The second-order valence-electron chi connectivity index (χ2n) is 6.99. The molecule has 0 unspecified atom stereocenters. The van der Waals surface area contributed by atoms with Gasteiger partial charge in [-0.25, -0.2) is 22.9 Å². The number of H-pyrrole nitrogens is 1. The highest BCUT2D eigenvalue weighted by molar-refractivity contribution is 5.93. The number of nitrogens with one attached hydrogen (secondary N) is 1. The molecular weight excluding hydrogens is 371 g/mol. The van der Waals surface area contributed by atoms with Gasteiger partial charge < -0.3 is 9.72 Å². The van der Waals surface area contributed by atoms with Crippen LogP contribution in [0.3, 0.4) is 0 Å². The molecule has 2 heterocycles. The normalized spacial score (nSPS) is 17.4. The van der Waals surface area contributed by atoms with E-state index in [0.29, 0.717) is 16.8 Å². The lowest BCUT2D eigenvalue weighted by Crippen LogP contribution is -2.27. The minimum Gasteiger partial charge on any atom is -0.447 e. The number of halogens is 3. The number of benzene rings is 2. The number of rotatable bonds is 5. The lowest BCUT2D eigenvalue weighted by atomic mass is 10.0. The van der Waals surface area contributed by atoms with Crippen LogP contribution in [-0.4, -0.2) is 28.6 Å². The van der Waals surface area contributed by atoms with E-state index in [1.54, 1.807) is 30.6 Å². The molecule has 1 N–H and O–H groups in total. The predicted octanol–water partition coefficient (Wildman–Crippen LogP) is 4.99. The molecule has 0 aliphatic carbocycles. The molecule has 3 aromatic rings. The van der Waals surface area contributed by atoms with Crippen molar-refractivity contribution in [3.63, 3.8) is 0 Å². The lowest BCUT2D eigenvalue weighted by molar-refractivity contribution is 0.0133. The Balaban J connectivity index is 1.62. The number of alkyl halides is 2. The number of imidazole rings is 1. The zero-order chi connectivity index (χ0) is 19.9. The summed E-state index contributed by atoms with van der Waals surface area (Å²) in [6.07, 6.45) is 0.688. The van der Waals surface area contributed by atoms with Gasteiger partial charge in [0, 0.05) is 12.0 Å². The topological polar surface area (TPSA) is 58.2 Å². The summed E-state index contributed by atoms with van der Waals surface area (Å²) in [5, 5.41) is 0. The van der Waals surface area contributed by atoms with Gasteiger partial charge in [0.05, 0.1) is 23.0 Å². The third-order valence-electron chi connectivity index (χ3n) is 4.83. The summed E-state index contributed by atoms with van der Waals surface area (Å²) in [5.74, 6) is -3.35. The average molecular weight is 389 g/mol. The number of carbonyl (C=O) groups is 1. The van der Waals surface area contributed by atoms with Crippen molar-refractivity contribution in [2.24, 2.45) is 0 Å². The summed E-state index contributed by atoms with van der Waals surface area (Å²) in [7, 11) is 0. The first-order valence-corrected chi connectivity index (χ1v) is 8.87. The molecule has 1 aliphatic heterocycles. The molecule has 0 bridgehead atoms. The van der Waals surface area contributed by atoms with Crippen LogP contribution in [0, 0.1) is 5.82 Å². The van der Waals surface area contributed by atoms with Crippen molar-refractivity contribution in [3.05, 3.63) is 59.7 Å². The number of anilines is 1. The third-order valence-corrected chi connectivity index (χ3v) is 4.83. The van der Waals surface area contributed by atoms with Crippen molar-refractivity contribution in [1.82, 2.24) is 9.97 Å². The molecule has 1 saturated heterocycles. The zero-order valence-electron chi connectivity index (χ0n) is 15.1. The van der Waals surface area contributed by atoms with Gasteiger partial charge in [0.25, 0.3) is 0 Å². The van der Waals surface area contributed by atoms with Crippen molar-refractivity contribution in [1.29, 1.82) is 0 Å². The van der Waals surface area contributed by atoms with Crippen LogP contribution in [0.1, 0.15) is 30.5 Å².